The lowest BCUT2D eigenvalue weighted by Crippen LogP contribution is -2.07. The molecule has 0 saturated carbocycles. The molecule has 1 rings (SSSR count). The maximum Gasteiger partial charge on any atom is 0.325 e. The molecule has 0 heterocycles. The molecule has 0 aliphatic rings. The largest absolute Gasteiger partial charge is 0.385 e. The van der Waals surface area contributed by atoms with Gasteiger partial charge in [-0.15, -0.1) is 0 Å². The number of sulfone groups is 1. The van der Waals surface area contributed by atoms with Crippen molar-refractivity contribution < 1.29 is 22.8 Å². The molecule has 0 spiro atoms. The molecule has 0 aliphatic heterocycles. The zero-order valence-corrected chi connectivity index (χ0v) is 20.1. The third-order valence-corrected chi connectivity index (χ3v) is 7.90. The van der Waals surface area contributed by atoms with Crippen molar-refractivity contribution in [2.24, 2.45) is 0 Å². The molecule has 1 aromatic rings. The Labute approximate surface area is 182 Å². The van der Waals surface area contributed by atoms with Crippen molar-refractivity contribution >= 4 is 23.1 Å². The molecule has 0 aromatic heterocycles. The zero-order chi connectivity index (χ0) is 22.3. The summed E-state index contributed by atoms with van der Waals surface area (Å²) in [6.07, 6.45) is 12.8. The minimum Gasteiger partial charge on any atom is -0.385 e. The molecule has 1 aromatic carbocycles. The van der Waals surface area contributed by atoms with Crippen LogP contribution >= 0.6 is 7.60 Å². The highest BCUT2D eigenvalue weighted by Gasteiger charge is 2.14. The van der Waals surface area contributed by atoms with E-state index in [0.717, 1.165) is 18.5 Å². The van der Waals surface area contributed by atoms with Crippen molar-refractivity contribution in [3.8, 4) is 0 Å². The number of nitrogens with one attached hydrogen (secondary N) is 1. The summed E-state index contributed by atoms with van der Waals surface area (Å²) in [6.45, 7) is 2.81. The Hall–Kier alpha value is -0.880. The van der Waals surface area contributed by atoms with Crippen LogP contribution in [0.2, 0.25) is 0 Å². The lowest BCUT2D eigenvalue weighted by atomic mass is 10.1. The van der Waals surface area contributed by atoms with Crippen molar-refractivity contribution in [1.82, 2.24) is 0 Å². The molecule has 6 nitrogen and oxygen atoms in total. The normalized spacial score (nSPS) is 12.2. The molecule has 8 heteroatoms. The quantitative estimate of drug-likeness (QED) is 0.190. The summed E-state index contributed by atoms with van der Waals surface area (Å²) in [6, 6.07) is 6.75. The summed E-state index contributed by atoms with van der Waals surface area (Å²) < 4.78 is 35.8. The predicted molar refractivity (Wildman–Crippen MR) is 125 cm³/mol. The average molecular weight is 462 g/mol. The van der Waals surface area contributed by atoms with Gasteiger partial charge in [-0.2, -0.15) is 0 Å². The van der Waals surface area contributed by atoms with Crippen LogP contribution in [0, 0.1) is 0 Å². The van der Waals surface area contributed by atoms with Gasteiger partial charge in [-0.1, -0.05) is 64.7 Å². The van der Waals surface area contributed by atoms with Crippen molar-refractivity contribution in [2.45, 2.75) is 88.9 Å². The smallest absolute Gasteiger partial charge is 0.325 e. The lowest BCUT2D eigenvalue weighted by molar-refractivity contribution is 0.371. The Morgan fingerprint density at radius 3 is 1.87 bits per heavy atom. The lowest BCUT2D eigenvalue weighted by Gasteiger charge is -2.09. The second kappa shape index (κ2) is 15.0. The number of hydrogen-bond acceptors (Lipinski definition) is 4. The van der Waals surface area contributed by atoms with Gasteiger partial charge in [0, 0.05) is 18.4 Å². The molecule has 0 radical (unpaired) electrons. The molecule has 0 fully saturated rings. The van der Waals surface area contributed by atoms with Gasteiger partial charge >= 0.3 is 7.60 Å². The summed E-state index contributed by atoms with van der Waals surface area (Å²) in [5, 5.41) is 3.15. The average Bonchev–Trinajstić information content (AvgIpc) is 2.68. The zero-order valence-electron chi connectivity index (χ0n) is 18.4. The van der Waals surface area contributed by atoms with Crippen LogP contribution in [-0.4, -0.2) is 36.7 Å². The molecular weight excluding hydrogens is 421 g/mol. The van der Waals surface area contributed by atoms with E-state index in [1.54, 1.807) is 24.3 Å². The highest BCUT2D eigenvalue weighted by Crippen LogP contribution is 2.35. The number of anilines is 1. The van der Waals surface area contributed by atoms with Crippen LogP contribution in [-0.2, 0) is 14.4 Å². The molecule has 3 N–H and O–H groups in total. The van der Waals surface area contributed by atoms with Crippen molar-refractivity contribution in [3.05, 3.63) is 24.3 Å². The maximum absolute atomic E-state index is 12.5. The van der Waals surface area contributed by atoms with E-state index in [1.165, 1.54) is 44.9 Å². The van der Waals surface area contributed by atoms with E-state index < -0.39 is 17.4 Å². The monoisotopic (exact) mass is 461 g/mol. The van der Waals surface area contributed by atoms with Gasteiger partial charge in [0.05, 0.1) is 10.6 Å². The third-order valence-electron chi connectivity index (χ3n) is 5.19. The fourth-order valence-corrected chi connectivity index (χ4v) is 5.36. The van der Waals surface area contributed by atoms with E-state index in [1.807, 2.05) is 0 Å². The van der Waals surface area contributed by atoms with E-state index in [-0.39, 0.29) is 11.9 Å². The molecule has 0 amide bonds. The van der Waals surface area contributed by atoms with E-state index in [4.69, 9.17) is 9.79 Å². The van der Waals surface area contributed by atoms with Crippen LogP contribution in [0.4, 0.5) is 5.69 Å². The summed E-state index contributed by atoms with van der Waals surface area (Å²) >= 11 is 0. The predicted octanol–water partition coefficient (Wildman–Crippen LogP) is 5.75. The topological polar surface area (TPSA) is 104 Å². The molecule has 0 atom stereocenters. The number of benzene rings is 1. The van der Waals surface area contributed by atoms with Crippen LogP contribution in [0.25, 0.3) is 0 Å². The maximum atomic E-state index is 12.5. The van der Waals surface area contributed by atoms with E-state index in [2.05, 4.69) is 12.2 Å². The third kappa shape index (κ3) is 13.4. The van der Waals surface area contributed by atoms with Gasteiger partial charge in [-0.3, -0.25) is 4.57 Å². The second-order valence-corrected chi connectivity index (χ2v) is 11.9. The molecule has 0 aliphatic carbocycles. The first-order valence-electron chi connectivity index (χ1n) is 11.4. The fourth-order valence-electron chi connectivity index (χ4n) is 3.35. The van der Waals surface area contributed by atoms with E-state index in [0.29, 0.717) is 30.7 Å². The molecule has 0 bridgehead atoms. The van der Waals surface area contributed by atoms with E-state index in [9.17, 15) is 13.0 Å². The van der Waals surface area contributed by atoms with Crippen molar-refractivity contribution in [2.75, 3.05) is 23.8 Å². The van der Waals surface area contributed by atoms with Crippen LogP contribution in [0.1, 0.15) is 84.0 Å². The Bertz CT molecular complexity index is 716. The van der Waals surface area contributed by atoms with Gasteiger partial charge in [0.25, 0.3) is 0 Å². The minimum atomic E-state index is -3.92. The standard InChI is InChI=1S/C22H40NO5PS/c1-2-3-4-5-6-7-8-9-10-13-20-30(27,28)22-16-14-21(15-17-22)23-18-11-12-19-29(24,25)26/h14-17,23H,2-13,18-20H2,1H3,(H2,24,25,26). The van der Waals surface area contributed by atoms with Crippen LogP contribution in [0.3, 0.4) is 0 Å². The summed E-state index contributed by atoms with van der Waals surface area (Å²) in [5.41, 5.74) is 0.809. The van der Waals surface area contributed by atoms with Crippen molar-refractivity contribution in [1.29, 1.82) is 0 Å². The first kappa shape index (κ1) is 27.2. The Morgan fingerprint density at radius 2 is 1.33 bits per heavy atom. The first-order chi connectivity index (χ1) is 14.2. The van der Waals surface area contributed by atoms with Crippen molar-refractivity contribution in [3.63, 3.8) is 0 Å². The molecule has 174 valence electrons. The second-order valence-electron chi connectivity index (χ2n) is 8.05. The SMILES string of the molecule is CCCCCCCCCCCCS(=O)(=O)c1ccc(NCCCCP(=O)(O)O)cc1. The summed E-state index contributed by atoms with van der Waals surface area (Å²) in [7, 11) is -7.17. The Balaban J connectivity index is 2.20. The van der Waals surface area contributed by atoms with Gasteiger partial charge in [0.15, 0.2) is 9.84 Å². The van der Waals surface area contributed by atoms with Crippen LogP contribution in [0.5, 0.6) is 0 Å². The summed E-state index contributed by atoms with van der Waals surface area (Å²) in [5.74, 6) is 0.193. The molecule has 30 heavy (non-hydrogen) atoms. The van der Waals surface area contributed by atoms with E-state index >= 15 is 0 Å². The Morgan fingerprint density at radius 1 is 0.800 bits per heavy atom. The highest BCUT2D eigenvalue weighted by molar-refractivity contribution is 7.91. The number of rotatable bonds is 18. The van der Waals surface area contributed by atoms with Gasteiger partial charge in [0.1, 0.15) is 0 Å². The Kier molecular flexibility index (Phi) is 13.6. The highest BCUT2D eigenvalue weighted by atomic mass is 32.2. The molecule has 0 unspecified atom stereocenters. The van der Waals surface area contributed by atoms with Crippen LogP contribution < -0.4 is 5.32 Å². The minimum absolute atomic E-state index is 0.106. The van der Waals surface area contributed by atoms with Gasteiger partial charge in [-0.25, -0.2) is 8.42 Å². The summed E-state index contributed by atoms with van der Waals surface area (Å²) in [4.78, 5) is 18.0. The van der Waals surface area contributed by atoms with Gasteiger partial charge in [-0.05, 0) is 43.5 Å². The fraction of sp³-hybridized carbons (Fsp3) is 0.727. The number of unbranched alkanes of at least 4 members (excludes halogenated alkanes) is 10. The molecular formula is C22H40NO5PS. The number of hydrogen-bond donors (Lipinski definition) is 3. The molecule has 0 saturated heterocycles. The van der Waals surface area contributed by atoms with Gasteiger partial charge < -0.3 is 15.1 Å². The van der Waals surface area contributed by atoms with Crippen LogP contribution in [0.15, 0.2) is 29.2 Å². The van der Waals surface area contributed by atoms with Gasteiger partial charge in [0.2, 0.25) is 0 Å². The first-order valence-corrected chi connectivity index (χ1v) is 14.8.